The van der Waals surface area contributed by atoms with Crippen LogP contribution in [0, 0.1) is 39.9 Å². The molecule has 0 unspecified atom stereocenters. The van der Waals surface area contributed by atoms with Gasteiger partial charge in [0.1, 0.15) is 5.78 Å². The maximum absolute atomic E-state index is 11.9. The number of carbonyl (C=O) groups is 1. The zero-order chi connectivity index (χ0) is 16.5. The molecule has 1 N–H and O–H groups in total. The monoisotopic (exact) mass is 313 g/mol. The molecule has 0 saturated heterocycles. The molecule has 0 aromatic rings. The molecule has 0 aromatic heterocycles. The van der Waals surface area contributed by atoms with Gasteiger partial charge in [0, 0.05) is 18.3 Å². The Hall–Kier alpha value is -1.14. The molecule has 3 fully saturated rings. The zero-order valence-electron chi connectivity index (χ0n) is 14.3. The molecule has 0 aromatic carbocycles. The van der Waals surface area contributed by atoms with Crippen LogP contribution in [0.2, 0.25) is 0 Å². The van der Waals surface area contributed by atoms with Gasteiger partial charge in [0.25, 0.3) is 0 Å². The molecule has 0 spiro atoms. The van der Waals surface area contributed by atoms with Crippen molar-refractivity contribution in [1.29, 1.82) is 5.26 Å². The van der Waals surface area contributed by atoms with Gasteiger partial charge in [-0.1, -0.05) is 25.5 Å². The molecular weight excluding hydrogens is 286 g/mol. The van der Waals surface area contributed by atoms with Crippen LogP contribution in [0.15, 0.2) is 11.6 Å². The maximum Gasteiger partial charge on any atom is 0.156 e. The van der Waals surface area contributed by atoms with Gasteiger partial charge in [-0.05, 0) is 61.7 Å². The number of nitriles is 1. The van der Waals surface area contributed by atoms with Crippen molar-refractivity contribution in [2.24, 2.45) is 28.6 Å². The van der Waals surface area contributed by atoms with E-state index in [1.165, 1.54) is 5.57 Å². The molecule has 23 heavy (non-hydrogen) atoms. The van der Waals surface area contributed by atoms with E-state index >= 15 is 0 Å². The third-order valence-corrected chi connectivity index (χ3v) is 8.27. The van der Waals surface area contributed by atoms with Crippen LogP contribution in [0.1, 0.15) is 65.2 Å². The highest BCUT2D eigenvalue weighted by Gasteiger charge is 2.64. The summed E-state index contributed by atoms with van der Waals surface area (Å²) in [7, 11) is 0. The first-order chi connectivity index (χ1) is 10.8. The molecule has 3 saturated carbocycles. The Kier molecular flexibility index (Phi) is 3.14. The normalized spacial score (nSPS) is 52.0. The zero-order valence-corrected chi connectivity index (χ0v) is 14.3. The van der Waals surface area contributed by atoms with Crippen molar-refractivity contribution in [3.05, 3.63) is 11.6 Å². The summed E-state index contributed by atoms with van der Waals surface area (Å²) in [5.74, 6) is 2.03. The molecule has 4 aliphatic carbocycles. The summed E-state index contributed by atoms with van der Waals surface area (Å²) < 4.78 is 0. The Morgan fingerprint density at radius 2 is 1.96 bits per heavy atom. The molecule has 0 aliphatic heterocycles. The molecule has 6 atom stereocenters. The Bertz CT molecular complexity index is 632. The van der Waals surface area contributed by atoms with E-state index in [-0.39, 0.29) is 10.8 Å². The van der Waals surface area contributed by atoms with Crippen LogP contribution < -0.4 is 0 Å². The number of nitrogens with zero attached hydrogens (tertiary/aromatic N) is 1. The molecule has 0 heterocycles. The molecular formula is C20H27NO2. The van der Waals surface area contributed by atoms with Gasteiger partial charge in [-0.15, -0.1) is 0 Å². The van der Waals surface area contributed by atoms with E-state index in [9.17, 15) is 15.2 Å². The average Bonchev–Trinajstić information content (AvgIpc) is 2.80. The molecule has 4 aliphatic rings. The number of fused-ring (bicyclic) bond motifs is 5. The van der Waals surface area contributed by atoms with Crippen molar-refractivity contribution in [2.45, 2.75) is 70.8 Å². The Morgan fingerprint density at radius 1 is 1.22 bits per heavy atom. The number of ketones is 1. The van der Waals surface area contributed by atoms with Crippen LogP contribution in [0.4, 0.5) is 0 Å². The molecule has 124 valence electrons. The summed E-state index contributed by atoms with van der Waals surface area (Å²) in [4.78, 5) is 11.9. The van der Waals surface area contributed by atoms with Crippen LogP contribution >= 0.6 is 0 Å². The maximum atomic E-state index is 11.9. The van der Waals surface area contributed by atoms with E-state index in [1.807, 2.05) is 0 Å². The van der Waals surface area contributed by atoms with Crippen LogP contribution in [0.3, 0.4) is 0 Å². The highest BCUT2D eigenvalue weighted by Crippen LogP contribution is 2.66. The number of hydrogen-bond donors (Lipinski definition) is 1. The second-order valence-corrected chi connectivity index (χ2v) is 8.94. The number of hydrogen-bond acceptors (Lipinski definition) is 3. The van der Waals surface area contributed by atoms with Gasteiger partial charge in [0.05, 0.1) is 6.07 Å². The fourth-order valence-electron chi connectivity index (χ4n) is 6.68. The second-order valence-electron chi connectivity index (χ2n) is 8.94. The molecule has 4 rings (SSSR count). The first-order valence-corrected chi connectivity index (χ1v) is 9.19. The average molecular weight is 313 g/mol. The Morgan fingerprint density at radius 3 is 2.70 bits per heavy atom. The van der Waals surface area contributed by atoms with E-state index in [0.717, 1.165) is 38.5 Å². The number of allylic oxidation sites excluding steroid dienone is 2. The molecule has 3 heteroatoms. The summed E-state index contributed by atoms with van der Waals surface area (Å²) in [6.07, 6.45) is 9.37. The number of Topliss-reactive ketones (excluding diaryl/α,β-unsaturated/α-hetero) is 1. The summed E-state index contributed by atoms with van der Waals surface area (Å²) in [5, 5.41) is 20.4. The minimum Gasteiger partial charge on any atom is -0.375 e. The van der Waals surface area contributed by atoms with E-state index in [2.05, 4.69) is 26.0 Å². The second kappa shape index (κ2) is 4.70. The van der Waals surface area contributed by atoms with Crippen LogP contribution in [-0.4, -0.2) is 16.5 Å². The van der Waals surface area contributed by atoms with Gasteiger partial charge in [0.15, 0.2) is 5.60 Å². The van der Waals surface area contributed by atoms with Gasteiger partial charge in [0.2, 0.25) is 0 Å². The highest BCUT2D eigenvalue weighted by molar-refractivity contribution is 5.82. The predicted octanol–water partition coefficient (Wildman–Crippen LogP) is 3.77. The van der Waals surface area contributed by atoms with Gasteiger partial charge in [-0.3, -0.25) is 4.79 Å². The minimum absolute atomic E-state index is 0.172. The number of rotatable bonds is 0. The standard InChI is InChI=1S/C20H27NO2/c1-18-8-5-14(22)11-13(18)3-4-15-16(18)6-9-19(2)17(15)7-10-20(19,23)12-21/h3,15-17,23H,4-11H2,1-2H3/t15-,16+,17+,18+,19+,20+/m1/s1. The topological polar surface area (TPSA) is 61.1 Å². The van der Waals surface area contributed by atoms with Gasteiger partial charge in [-0.25, -0.2) is 0 Å². The van der Waals surface area contributed by atoms with E-state index in [4.69, 9.17) is 0 Å². The van der Waals surface area contributed by atoms with Gasteiger partial charge in [-0.2, -0.15) is 5.26 Å². The van der Waals surface area contributed by atoms with Crippen molar-refractivity contribution in [3.63, 3.8) is 0 Å². The summed E-state index contributed by atoms with van der Waals surface area (Å²) >= 11 is 0. The summed E-state index contributed by atoms with van der Waals surface area (Å²) in [6.45, 7) is 4.52. The van der Waals surface area contributed by atoms with Crippen molar-refractivity contribution in [1.82, 2.24) is 0 Å². The van der Waals surface area contributed by atoms with E-state index < -0.39 is 5.60 Å². The molecule has 0 bridgehead atoms. The van der Waals surface area contributed by atoms with Crippen molar-refractivity contribution < 1.29 is 9.90 Å². The number of aliphatic hydroxyl groups is 1. The van der Waals surface area contributed by atoms with Crippen LogP contribution in [0.25, 0.3) is 0 Å². The minimum atomic E-state index is -1.14. The highest BCUT2D eigenvalue weighted by atomic mass is 16.3. The molecule has 3 nitrogen and oxygen atoms in total. The number of carbonyl (C=O) groups excluding carboxylic acids is 1. The lowest BCUT2D eigenvalue weighted by atomic mass is 9.47. The summed E-state index contributed by atoms with van der Waals surface area (Å²) in [6, 6.07) is 2.24. The van der Waals surface area contributed by atoms with Crippen molar-refractivity contribution in [2.75, 3.05) is 0 Å². The fourth-order valence-corrected chi connectivity index (χ4v) is 6.68. The van der Waals surface area contributed by atoms with Crippen molar-refractivity contribution >= 4 is 5.78 Å². The Balaban J connectivity index is 1.71. The smallest absolute Gasteiger partial charge is 0.156 e. The first-order valence-electron chi connectivity index (χ1n) is 9.19. The molecule has 0 radical (unpaired) electrons. The lowest BCUT2D eigenvalue weighted by Gasteiger charge is -2.57. The third kappa shape index (κ3) is 1.82. The summed E-state index contributed by atoms with van der Waals surface area (Å²) in [5.41, 5.74) is 0.156. The third-order valence-electron chi connectivity index (χ3n) is 8.27. The lowest BCUT2D eigenvalue weighted by Crippen LogP contribution is -2.54. The van der Waals surface area contributed by atoms with Gasteiger partial charge < -0.3 is 5.11 Å². The quantitative estimate of drug-likeness (QED) is 0.547. The largest absolute Gasteiger partial charge is 0.375 e. The fraction of sp³-hybridized carbons (Fsp3) is 0.800. The SMILES string of the molecule is C[C@]12CCC(=O)CC1=CC[C@@H]1[C@@H]2CC[C@@]2(C)[C@H]1CC[C@]2(O)C#N. The Labute approximate surface area is 138 Å². The predicted molar refractivity (Wildman–Crippen MR) is 87.3 cm³/mol. The van der Waals surface area contributed by atoms with E-state index in [1.54, 1.807) is 0 Å². The molecule has 0 amide bonds. The first kappa shape index (κ1) is 15.4. The van der Waals surface area contributed by atoms with Gasteiger partial charge >= 0.3 is 0 Å². The van der Waals surface area contributed by atoms with E-state index in [0.29, 0.717) is 36.4 Å². The van der Waals surface area contributed by atoms with Crippen LogP contribution in [-0.2, 0) is 4.79 Å². The lowest BCUT2D eigenvalue weighted by molar-refractivity contribution is -0.123. The van der Waals surface area contributed by atoms with Crippen molar-refractivity contribution in [3.8, 4) is 6.07 Å². The van der Waals surface area contributed by atoms with Crippen LogP contribution in [0.5, 0.6) is 0 Å².